The van der Waals surface area contributed by atoms with Crippen molar-refractivity contribution >= 4 is 23.9 Å². The molecule has 1 aliphatic carbocycles. The maximum atomic E-state index is 14.0. The van der Waals surface area contributed by atoms with E-state index in [0.717, 1.165) is 0 Å². The summed E-state index contributed by atoms with van der Waals surface area (Å²) < 4.78 is 16.0. The molecule has 0 saturated heterocycles. The van der Waals surface area contributed by atoms with Crippen molar-refractivity contribution in [3.8, 4) is 11.3 Å². The average molecular weight is 425 g/mol. The van der Waals surface area contributed by atoms with Gasteiger partial charge in [0.2, 0.25) is 5.91 Å². The molecule has 2 aliphatic rings. The summed E-state index contributed by atoms with van der Waals surface area (Å²) in [4.78, 5) is 45.0. The molecule has 9 heteroatoms. The van der Waals surface area contributed by atoms with E-state index in [9.17, 15) is 14.4 Å². The highest BCUT2D eigenvalue weighted by Crippen LogP contribution is 2.57. The van der Waals surface area contributed by atoms with Gasteiger partial charge in [-0.3, -0.25) is 9.59 Å². The lowest BCUT2D eigenvalue weighted by Crippen LogP contribution is -2.44. The van der Waals surface area contributed by atoms with Gasteiger partial charge in [0.25, 0.3) is 6.01 Å². The Hall–Kier alpha value is -3.62. The van der Waals surface area contributed by atoms with Crippen molar-refractivity contribution in [1.29, 1.82) is 0 Å². The summed E-state index contributed by atoms with van der Waals surface area (Å²) in [5.74, 6) is -1.51. The van der Waals surface area contributed by atoms with Crippen LogP contribution in [-0.2, 0) is 29.3 Å². The smallest absolute Gasteiger partial charge is 0.338 e. The van der Waals surface area contributed by atoms with Gasteiger partial charge in [0.05, 0.1) is 12.7 Å². The first-order valence-corrected chi connectivity index (χ1v) is 9.72. The number of allylic oxidation sites excluding steroid dienone is 1. The largest absolute Gasteiger partial charge is 0.468 e. The second-order valence-corrected chi connectivity index (χ2v) is 8.46. The van der Waals surface area contributed by atoms with Crippen LogP contribution in [0.2, 0.25) is 0 Å². The van der Waals surface area contributed by atoms with E-state index in [1.54, 1.807) is 52.0 Å². The van der Waals surface area contributed by atoms with Gasteiger partial charge in [-0.05, 0) is 33.3 Å². The second-order valence-electron chi connectivity index (χ2n) is 8.46. The number of carbonyl (C=O) groups is 3. The predicted molar refractivity (Wildman–Crippen MR) is 109 cm³/mol. The van der Waals surface area contributed by atoms with E-state index < -0.39 is 28.9 Å². The van der Waals surface area contributed by atoms with Crippen LogP contribution in [-0.4, -0.2) is 47.0 Å². The summed E-state index contributed by atoms with van der Waals surface area (Å²) in [6.45, 7) is 6.44. The molecule has 1 aromatic carbocycles. The zero-order valence-electron chi connectivity index (χ0n) is 17.9. The van der Waals surface area contributed by atoms with E-state index in [1.807, 2.05) is 0 Å². The number of esters is 2. The van der Waals surface area contributed by atoms with Crippen LogP contribution >= 0.6 is 0 Å². The Balaban J connectivity index is 2.02. The van der Waals surface area contributed by atoms with Crippen molar-refractivity contribution in [3.63, 3.8) is 0 Å². The van der Waals surface area contributed by atoms with E-state index in [4.69, 9.17) is 19.6 Å². The fourth-order valence-electron chi connectivity index (χ4n) is 4.26. The van der Waals surface area contributed by atoms with Crippen LogP contribution in [0, 0.1) is 0 Å². The predicted octanol–water partition coefficient (Wildman–Crippen LogP) is 2.15. The lowest BCUT2D eigenvalue weighted by Gasteiger charge is -2.28. The van der Waals surface area contributed by atoms with Gasteiger partial charge in [0.1, 0.15) is 17.8 Å². The van der Waals surface area contributed by atoms with Crippen LogP contribution in [0.1, 0.15) is 39.0 Å². The fourth-order valence-corrected chi connectivity index (χ4v) is 4.26. The first kappa shape index (κ1) is 20.6. The number of hydrogen-bond donors (Lipinski definition) is 1. The van der Waals surface area contributed by atoms with Crippen LogP contribution in [0.25, 0.3) is 11.3 Å². The second kappa shape index (κ2) is 6.69. The Kier molecular flexibility index (Phi) is 4.46. The maximum Gasteiger partial charge on any atom is 0.338 e. The third-order valence-corrected chi connectivity index (χ3v) is 5.40. The lowest BCUT2D eigenvalue weighted by atomic mass is 9.74. The van der Waals surface area contributed by atoms with Crippen LogP contribution in [0.3, 0.4) is 0 Å². The van der Waals surface area contributed by atoms with Crippen molar-refractivity contribution in [2.24, 2.45) is 0 Å². The zero-order valence-corrected chi connectivity index (χ0v) is 17.9. The molecular formula is C22H23N3O6. The number of oxazole rings is 1. The van der Waals surface area contributed by atoms with Crippen molar-refractivity contribution in [3.05, 3.63) is 46.8 Å². The normalized spacial score (nSPS) is 19.6. The molecule has 2 N–H and O–H groups in total. The number of aromatic nitrogens is 1. The molecule has 162 valence electrons. The van der Waals surface area contributed by atoms with Gasteiger partial charge >= 0.3 is 11.9 Å². The Morgan fingerprint density at radius 3 is 2.58 bits per heavy atom. The van der Waals surface area contributed by atoms with E-state index in [1.165, 1.54) is 12.0 Å². The third kappa shape index (κ3) is 2.83. The molecule has 1 aromatic heterocycles. The lowest BCUT2D eigenvalue weighted by molar-refractivity contribution is -0.151. The molecule has 0 saturated carbocycles. The Morgan fingerprint density at radius 2 is 1.94 bits per heavy atom. The summed E-state index contributed by atoms with van der Waals surface area (Å²) in [6.07, 6.45) is 0. The van der Waals surface area contributed by atoms with Gasteiger partial charge in [0, 0.05) is 11.3 Å². The maximum absolute atomic E-state index is 14.0. The molecule has 2 heterocycles. The SMILES string of the molecule is COC(=O)CN1C(=O)[C@]2(C(C(=O)OC(C)(C)C)=C1C)c1ccccc1-c1oc(N)nc12. The summed E-state index contributed by atoms with van der Waals surface area (Å²) in [7, 11) is 1.23. The van der Waals surface area contributed by atoms with Gasteiger partial charge < -0.3 is 24.5 Å². The van der Waals surface area contributed by atoms with Gasteiger partial charge in [-0.25, -0.2) is 4.79 Å². The number of fused-ring (bicyclic) bond motifs is 5. The minimum Gasteiger partial charge on any atom is -0.468 e. The number of rotatable bonds is 3. The number of nitrogen functional groups attached to an aromatic ring is 1. The number of amides is 1. The minimum atomic E-state index is -1.63. The molecule has 0 unspecified atom stereocenters. The van der Waals surface area contributed by atoms with Crippen molar-refractivity contribution in [2.75, 3.05) is 19.4 Å². The number of carbonyl (C=O) groups excluding carboxylic acids is 3. The summed E-state index contributed by atoms with van der Waals surface area (Å²) in [5, 5.41) is 0. The van der Waals surface area contributed by atoms with Crippen molar-refractivity contribution < 1.29 is 28.3 Å². The van der Waals surface area contributed by atoms with E-state index in [2.05, 4.69) is 4.98 Å². The van der Waals surface area contributed by atoms with E-state index >= 15 is 0 Å². The molecule has 0 bridgehead atoms. The molecule has 4 rings (SSSR count). The standard InChI is InChI=1S/C22H23N3O6/c1-11-15(18(27)31-21(2,3)4)22(19(28)25(11)10-14(26)29-5)13-9-7-6-8-12(13)16-17(22)24-20(23)30-16/h6-9H,10H2,1-5H3,(H2,23,24)/t22-/m0/s1. The number of hydrogen-bond acceptors (Lipinski definition) is 8. The van der Waals surface area contributed by atoms with Crippen molar-refractivity contribution in [2.45, 2.75) is 38.7 Å². The third-order valence-electron chi connectivity index (χ3n) is 5.40. The highest BCUT2D eigenvalue weighted by Gasteiger charge is 2.64. The molecule has 1 amide bonds. The highest BCUT2D eigenvalue weighted by molar-refractivity contribution is 6.14. The molecule has 1 aliphatic heterocycles. The molecule has 0 radical (unpaired) electrons. The molecule has 9 nitrogen and oxygen atoms in total. The van der Waals surface area contributed by atoms with Crippen LogP contribution < -0.4 is 5.73 Å². The van der Waals surface area contributed by atoms with E-state index in [-0.39, 0.29) is 29.5 Å². The quantitative estimate of drug-likeness (QED) is 0.742. The summed E-state index contributed by atoms with van der Waals surface area (Å²) >= 11 is 0. The van der Waals surface area contributed by atoms with Gasteiger partial charge in [-0.15, -0.1) is 0 Å². The molecule has 2 aromatic rings. The first-order valence-electron chi connectivity index (χ1n) is 9.72. The topological polar surface area (TPSA) is 125 Å². The molecular weight excluding hydrogens is 402 g/mol. The first-order chi connectivity index (χ1) is 14.5. The number of ether oxygens (including phenoxy) is 2. The number of nitrogens with zero attached hydrogens (tertiary/aromatic N) is 2. The Morgan fingerprint density at radius 1 is 1.26 bits per heavy atom. The molecule has 1 spiro atoms. The average Bonchev–Trinajstić information content (AvgIpc) is 3.26. The van der Waals surface area contributed by atoms with Gasteiger partial charge in [-0.2, -0.15) is 4.98 Å². The Labute approximate surface area is 178 Å². The van der Waals surface area contributed by atoms with Crippen LogP contribution in [0.4, 0.5) is 6.01 Å². The van der Waals surface area contributed by atoms with Gasteiger partial charge in [-0.1, -0.05) is 24.3 Å². The zero-order chi connectivity index (χ0) is 22.7. The van der Waals surface area contributed by atoms with E-state index in [0.29, 0.717) is 16.9 Å². The van der Waals surface area contributed by atoms with Gasteiger partial charge in [0.15, 0.2) is 11.2 Å². The van der Waals surface area contributed by atoms with Crippen LogP contribution in [0.5, 0.6) is 0 Å². The monoisotopic (exact) mass is 425 g/mol. The Bertz CT molecular complexity index is 1160. The summed E-state index contributed by atoms with van der Waals surface area (Å²) in [5.41, 5.74) is 5.09. The molecule has 0 fully saturated rings. The number of anilines is 1. The molecule has 1 atom stereocenters. The number of benzene rings is 1. The number of nitrogens with two attached hydrogens (primary N) is 1. The highest BCUT2D eigenvalue weighted by atomic mass is 16.6. The van der Waals surface area contributed by atoms with Crippen LogP contribution in [0.15, 0.2) is 40.0 Å². The van der Waals surface area contributed by atoms with Crippen molar-refractivity contribution in [1.82, 2.24) is 9.88 Å². The molecule has 31 heavy (non-hydrogen) atoms. The fraction of sp³-hybridized carbons (Fsp3) is 0.364. The summed E-state index contributed by atoms with van der Waals surface area (Å²) in [6, 6.07) is 6.93. The minimum absolute atomic E-state index is 0.0795. The number of methoxy groups -OCH3 is 1.